The van der Waals surface area contributed by atoms with Gasteiger partial charge in [0.15, 0.2) is 23.9 Å². The molecule has 0 saturated heterocycles. The molecule has 0 N–H and O–H groups in total. The lowest BCUT2D eigenvalue weighted by molar-refractivity contribution is -0.189. The molecule has 0 radical (unpaired) electrons. The van der Waals surface area contributed by atoms with Crippen molar-refractivity contribution in [2.45, 2.75) is 70.8 Å². The van der Waals surface area contributed by atoms with Gasteiger partial charge in [0.05, 0.1) is 0 Å². The number of unbranched alkanes of at least 4 members (excludes halogenated alkanes) is 2. The minimum absolute atomic E-state index is 0.104. The van der Waals surface area contributed by atoms with Crippen molar-refractivity contribution in [1.82, 2.24) is 0 Å². The summed E-state index contributed by atoms with van der Waals surface area (Å²) in [6.07, 6.45) is -5.58. The lowest BCUT2D eigenvalue weighted by atomic mass is 9.80. The standard InChI is InChI=1S/C29H27F7O/c1-3-5-6-8-16-9-14-22(21(30)15-16)37-29(35,36)20-13-12-19-18-11-10-17(7-4-2)25(31)23(18)27(33)28(34)24(19)26(20)32/h9-15,27-28H,3-8H2,1-2H3. The molecule has 4 rings (SSSR count). The first-order chi connectivity index (χ1) is 17.6. The minimum Gasteiger partial charge on any atom is -0.426 e. The SMILES string of the molecule is CCCCCc1ccc(OC(F)(F)c2ccc3c(c2F)C(F)C(F)c2c-3ccc(CCC)c2F)c(F)c1. The van der Waals surface area contributed by atoms with E-state index in [0.29, 0.717) is 30.9 Å². The van der Waals surface area contributed by atoms with E-state index in [9.17, 15) is 8.78 Å². The van der Waals surface area contributed by atoms with Gasteiger partial charge in [-0.05, 0) is 59.7 Å². The van der Waals surface area contributed by atoms with Crippen LogP contribution in [-0.2, 0) is 19.0 Å². The van der Waals surface area contributed by atoms with Gasteiger partial charge in [0.25, 0.3) is 0 Å². The topological polar surface area (TPSA) is 9.23 Å². The van der Waals surface area contributed by atoms with Crippen LogP contribution in [0.25, 0.3) is 11.1 Å². The van der Waals surface area contributed by atoms with E-state index in [1.807, 2.05) is 6.92 Å². The quantitative estimate of drug-likeness (QED) is 0.200. The summed E-state index contributed by atoms with van der Waals surface area (Å²) in [5.74, 6) is -4.51. The van der Waals surface area contributed by atoms with Gasteiger partial charge in [-0.1, -0.05) is 57.4 Å². The fourth-order valence-corrected chi connectivity index (χ4v) is 4.77. The molecule has 37 heavy (non-hydrogen) atoms. The smallest absolute Gasteiger partial charge is 0.426 e. The van der Waals surface area contributed by atoms with Gasteiger partial charge in [-0.25, -0.2) is 22.0 Å². The van der Waals surface area contributed by atoms with E-state index < -0.39 is 58.3 Å². The molecule has 0 aromatic heterocycles. The number of aryl methyl sites for hydroxylation is 2. The maximum atomic E-state index is 15.4. The highest BCUT2D eigenvalue weighted by Crippen LogP contribution is 2.52. The van der Waals surface area contributed by atoms with Crippen LogP contribution in [-0.4, -0.2) is 0 Å². The van der Waals surface area contributed by atoms with Gasteiger partial charge in [0, 0.05) is 11.1 Å². The average molecular weight is 525 g/mol. The third-order valence-corrected chi connectivity index (χ3v) is 6.67. The second kappa shape index (κ2) is 10.8. The zero-order valence-electron chi connectivity index (χ0n) is 20.5. The van der Waals surface area contributed by atoms with Crippen molar-refractivity contribution in [3.05, 3.63) is 87.7 Å². The van der Waals surface area contributed by atoms with E-state index in [-0.39, 0.29) is 16.7 Å². The summed E-state index contributed by atoms with van der Waals surface area (Å²) >= 11 is 0. The molecule has 0 saturated carbocycles. The molecule has 3 aromatic rings. The highest BCUT2D eigenvalue weighted by Gasteiger charge is 2.45. The number of benzene rings is 3. The van der Waals surface area contributed by atoms with Crippen molar-refractivity contribution in [2.24, 2.45) is 0 Å². The molecule has 198 valence electrons. The lowest BCUT2D eigenvalue weighted by Gasteiger charge is -2.29. The lowest BCUT2D eigenvalue weighted by Crippen LogP contribution is -2.26. The van der Waals surface area contributed by atoms with E-state index in [1.165, 1.54) is 18.2 Å². The summed E-state index contributed by atoms with van der Waals surface area (Å²) in [4.78, 5) is 0. The van der Waals surface area contributed by atoms with Crippen molar-refractivity contribution in [3.8, 4) is 16.9 Å². The van der Waals surface area contributed by atoms with Gasteiger partial charge in [-0.3, -0.25) is 0 Å². The summed E-state index contributed by atoms with van der Waals surface area (Å²) in [7, 11) is 0. The fraction of sp³-hybridized carbons (Fsp3) is 0.379. The van der Waals surface area contributed by atoms with Crippen LogP contribution in [0.3, 0.4) is 0 Å². The molecule has 0 aliphatic heterocycles. The molecule has 2 atom stereocenters. The average Bonchev–Trinajstić information content (AvgIpc) is 2.85. The first-order valence-electron chi connectivity index (χ1n) is 12.4. The predicted octanol–water partition coefficient (Wildman–Crippen LogP) is 9.62. The van der Waals surface area contributed by atoms with Crippen LogP contribution < -0.4 is 4.74 Å². The summed E-state index contributed by atoms with van der Waals surface area (Å²) in [5, 5.41) is 0. The highest BCUT2D eigenvalue weighted by atomic mass is 19.3. The van der Waals surface area contributed by atoms with E-state index in [1.54, 1.807) is 6.92 Å². The number of halogens is 7. The highest BCUT2D eigenvalue weighted by molar-refractivity contribution is 5.76. The predicted molar refractivity (Wildman–Crippen MR) is 128 cm³/mol. The van der Waals surface area contributed by atoms with Crippen LogP contribution in [0.1, 0.15) is 79.7 Å². The summed E-state index contributed by atoms with van der Waals surface area (Å²) in [6.45, 7) is 3.81. The van der Waals surface area contributed by atoms with Crippen LogP contribution in [0.2, 0.25) is 0 Å². The molecular formula is C29H27F7O. The number of ether oxygens (including phenoxy) is 1. The van der Waals surface area contributed by atoms with E-state index in [4.69, 9.17) is 0 Å². The monoisotopic (exact) mass is 524 g/mol. The molecule has 8 heteroatoms. The third-order valence-electron chi connectivity index (χ3n) is 6.67. The van der Waals surface area contributed by atoms with Crippen LogP contribution in [0.15, 0.2) is 42.5 Å². The van der Waals surface area contributed by atoms with E-state index >= 15 is 22.0 Å². The van der Waals surface area contributed by atoms with Gasteiger partial charge in [-0.15, -0.1) is 0 Å². The Labute approximate surface area is 211 Å². The third kappa shape index (κ3) is 5.07. The number of alkyl halides is 4. The fourth-order valence-electron chi connectivity index (χ4n) is 4.77. The molecule has 1 aliphatic carbocycles. The molecule has 2 unspecified atom stereocenters. The first-order valence-corrected chi connectivity index (χ1v) is 12.4. The maximum Gasteiger partial charge on any atom is 0.429 e. The Morgan fingerprint density at radius 2 is 1.41 bits per heavy atom. The van der Waals surface area contributed by atoms with Crippen LogP contribution in [0.5, 0.6) is 5.75 Å². The summed E-state index contributed by atoms with van der Waals surface area (Å²) < 4.78 is 110. The molecule has 0 bridgehead atoms. The molecule has 0 spiro atoms. The zero-order valence-corrected chi connectivity index (χ0v) is 20.5. The van der Waals surface area contributed by atoms with Gasteiger partial charge in [0.1, 0.15) is 17.2 Å². The first kappa shape index (κ1) is 27.0. The van der Waals surface area contributed by atoms with Crippen molar-refractivity contribution < 1.29 is 35.5 Å². The van der Waals surface area contributed by atoms with Crippen LogP contribution in [0.4, 0.5) is 30.7 Å². The number of hydrogen-bond donors (Lipinski definition) is 0. The Hall–Kier alpha value is -3.03. The number of fused-ring (bicyclic) bond motifs is 3. The molecule has 3 aromatic carbocycles. The Morgan fingerprint density at radius 1 is 0.757 bits per heavy atom. The molecule has 0 fully saturated rings. The Kier molecular flexibility index (Phi) is 7.85. The summed E-state index contributed by atoms with van der Waals surface area (Å²) in [6, 6.07) is 7.93. The van der Waals surface area contributed by atoms with Crippen molar-refractivity contribution in [2.75, 3.05) is 0 Å². The number of hydrogen-bond acceptors (Lipinski definition) is 1. The Morgan fingerprint density at radius 3 is 2.03 bits per heavy atom. The van der Waals surface area contributed by atoms with E-state index in [2.05, 4.69) is 4.74 Å². The molecule has 0 heterocycles. The largest absolute Gasteiger partial charge is 0.429 e. The number of rotatable bonds is 9. The van der Waals surface area contributed by atoms with Crippen LogP contribution >= 0.6 is 0 Å². The second-order valence-electron chi connectivity index (χ2n) is 9.28. The van der Waals surface area contributed by atoms with Gasteiger partial charge in [-0.2, -0.15) is 8.78 Å². The normalized spacial score (nSPS) is 16.9. The van der Waals surface area contributed by atoms with Gasteiger partial charge < -0.3 is 4.74 Å². The van der Waals surface area contributed by atoms with Gasteiger partial charge >= 0.3 is 6.11 Å². The second-order valence-corrected chi connectivity index (χ2v) is 9.28. The minimum atomic E-state index is -4.40. The molecule has 0 amide bonds. The molecule has 1 nitrogen and oxygen atoms in total. The Bertz CT molecular complexity index is 1290. The Balaban J connectivity index is 1.69. The van der Waals surface area contributed by atoms with Crippen molar-refractivity contribution in [1.29, 1.82) is 0 Å². The van der Waals surface area contributed by atoms with Gasteiger partial charge in [0.2, 0.25) is 0 Å². The maximum absolute atomic E-state index is 15.4. The molecular weight excluding hydrogens is 497 g/mol. The summed E-state index contributed by atoms with van der Waals surface area (Å²) in [5.41, 5.74) is -2.42. The van der Waals surface area contributed by atoms with Crippen LogP contribution in [0, 0.1) is 17.5 Å². The van der Waals surface area contributed by atoms with Crippen molar-refractivity contribution in [3.63, 3.8) is 0 Å². The van der Waals surface area contributed by atoms with E-state index in [0.717, 1.165) is 37.5 Å². The van der Waals surface area contributed by atoms with Crippen molar-refractivity contribution >= 4 is 0 Å². The molecule has 1 aliphatic rings. The zero-order chi connectivity index (χ0) is 26.9.